The van der Waals surface area contributed by atoms with Crippen LogP contribution in [0.15, 0.2) is 85.2 Å². The van der Waals surface area contributed by atoms with Crippen molar-refractivity contribution in [3.8, 4) is 0 Å². The van der Waals surface area contributed by atoms with Crippen LogP contribution in [-0.2, 0) is 25.4 Å². The minimum absolute atomic E-state index is 0.118. The van der Waals surface area contributed by atoms with Crippen molar-refractivity contribution >= 4 is 22.5 Å². The number of fused-ring (bicyclic) bond motifs is 1. The molecule has 4 aromatic rings. The zero-order chi connectivity index (χ0) is 27.1. The number of rotatable bonds is 4. The molecule has 0 saturated carbocycles. The molecule has 5 nitrogen and oxygen atoms in total. The summed E-state index contributed by atoms with van der Waals surface area (Å²) < 4.78 is 73.5. The minimum atomic E-state index is -4.37. The summed E-state index contributed by atoms with van der Waals surface area (Å²) in [6.45, 7) is 0.380. The summed E-state index contributed by atoms with van der Waals surface area (Å²) in [4.78, 5) is 16.1. The summed E-state index contributed by atoms with van der Waals surface area (Å²) in [5, 5.41) is 7.08. The van der Waals surface area contributed by atoms with Crippen LogP contribution in [-0.4, -0.2) is 11.0 Å². The van der Waals surface area contributed by atoms with Gasteiger partial charge in [-0.1, -0.05) is 36.4 Å². The normalized spacial score (nSPS) is 11.4. The third-order valence-electron chi connectivity index (χ3n) is 5.18. The summed E-state index contributed by atoms with van der Waals surface area (Å²) in [6, 6.07) is 16.3. The second-order valence-corrected chi connectivity index (χ2v) is 7.80. The Morgan fingerprint density at radius 3 is 1.89 bits per heavy atom. The number of benzene rings is 3. The number of alkyl halides is 6. The summed E-state index contributed by atoms with van der Waals surface area (Å²) in [6.07, 6.45) is -5.31. The third-order valence-corrected chi connectivity index (χ3v) is 5.18. The van der Waals surface area contributed by atoms with E-state index in [9.17, 15) is 31.1 Å². The molecular formula is C26H22F6N4O. The smallest absolute Gasteiger partial charge is 0.334 e. The molecule has 0 aliphatic rings. The molecular weight excluding hydrogens is 498 g/mol. The van der Waals surface area contributed by atoms with Gasteiger partial charge in [0.1, 0.15) is 0 Å². The van der Waals surface area contributed by atoms with Gasteiger partial charge in [-0.05, 0) is 52.9 Å². The average Bonchev–Trinajstić information content (AvgIpc) is 2.87. The molecule has 3 aromatic carbocycles. The van der Waals surface area contributed by atoms with Crippen LogP contribution in [0, 0.1) is 0 Å². The van der Waals surface area contributed by atoms with Gasteiger partial charge in [-0.25, -0.2) is 4.79 Å². The highest BCUT2D eigenvalue weighted by atomic mass is 19.4. The van der Waals surface area contributed by atoms with E-state index in [1.54, 1.807) is 18.5 Å². The van der Waals surface area contributed by atoms with Gasteiger partial charge in [0.05, 0.1) is 16.8 Å². The Hall–Kier alpha value is -4.12. The van der Waals surface area contributed by atoms with Crippen molar-refractivity contribution in [2.45, 2.75) is 25.4 Å². The first-order valence-electron chi connectivity index (χ1n) is 10.9. The number of hydrogen-bond donors (Lipinski definition) is 3. The van der Waals surface area contributed by atoms with Gasteiger partial charge in [0.15, 0.2) is 0 Å². The van der Waals surface area contributed by atoms with Crippen molar-refractivity contribution in [3.05, 3.63) is 107 Å². The highest BCUT2D eigenvalue weighted by Gasteiger charge is 2.30. The molecule has 0 aliphatic carbocycles. The third kappa shape index (κ3) is 7.94. The Labute approximate surface area is 208 Å². The molecule has 37 heavy (non-hydrogen) atoms. The highest BCUT2D eigenvalue weighted by molar-refractivity contribution is 6.01. The van der Waals surface area contributed by atoms with Crippen LogP contribution >= 0.6 is 0 Å². The maximum atomic E-state index is 12.5. The predicted octanol–water partition coefficient (Wildman–Crippen LogP) is 6.74. The van der Waals surface area contributed by atoms with E-state index in [1.807, 2.05) is 18.2 Å². The molecule has 0 spiro atoms. The number of carbonyl (C=O) groups excluding carboxylic acids is 1. The number of nitrogens with two attached hydrogens (primary N) is 1. The van der Waals surface area contributed by atoms with E-state index < -0.39 is 29.5 Å². The summed E-state index contributed by atoms with van der Waals surface area (Å²) in [5.41, 5.74) is 5.75. The van der Waals surface area contributed by atoms with Gasteiger partial charge in [-0.2, -0.15) is 26.3 Å². The molecule has 0 saturated heterocycles. The number of amides is 2. The maximum Gasteiger partial charge on any atom is 0.416 e. The predicted molar refractivity (Wildman–Crippen MR) is 128 cm³/mol. The number of halogens is 6. The van der Waals surface area contributed by atoms with E-state index in [1.165, 1.54) is 24.3 Å². The molecule has 4 N–H and O–H groups in total. The Balaban J connectivity index is 0.000000266. The van der Waals surface area contributed by atoms with Crippen LogP contribution in [0.25, 0.3) is 10.8 Å². The van der Waals surface area contributed by atoms with Crippen LogP contribution in [0.4, 0.5) is 36.8 Å². The first kappa shape index (κ1) is 27.5. The topological polar surface area (TPSA) is 80.0 Å². The van der Waals surface area contributed by atoms with E-state index in [-0.39, 0.29) is 13.1 Å². The lowest BCUT2D eigenvalue weighted by Crippen LogP contribution is -2.28. The number of aromatic nitrogens is 1. The Bertz CT molecular complexity index is 1310. The van der Waals surface area contributed by atoms with Crippen molar-refractivity contribution in [3.63, 3.8) is 0 Å². The zero-order valence-corrected chi connectivity index (χ0v) is 19.2. The lowest BCUT2D eigenvalue weighted by atomic mass is 10.1. The second kappa shape index (κ2) is 11.7. The molecule has 2 amide bonds. The lowest BCUT2D eigenvalue weighted by Gasteiger charge is -2.11. The molecule has 11 heteroatoms. The first-order chi connectivity index (χ1) is 17.5. The zero-order valence-electron chi connectivity index (χ0n) is 19.2. The summed E-state index contributed by atoms with van der Waals surface area (Å²) >= 11 is 0. The van der Waals surface area contributed by atoms with E-state index >= 15 is 0 Å². The number of hydrogen-bond acceptors (Lipinski definition) is 3. The van der Waals surface area contributed by atoms with Gasteiger partial charge >= 0.3 is 18.4 Å². The molecule has 4 rings (SSSR count). The lowest BCUT2D eigenvalue weighted by molar-refractivity contribution is -0.138. The van der Waals surface area contributed by atoms with Crippen molar-refractivity contribution in [2.75, 3.05) is 5.32 Å². The number of anilines is 1. The maximum absolute atomic E-state index is 12.5. The molecule has 0 fully saturated rings. The molecule has 1 aromatic heterocycles. The van der Waals surface area contributed by atoms with Gasteiger partial charge in [-0.3, -0.25) is 4.98 Å². The monoisotopic (exact) mass is 520 g/mol. The first-order valence-corrected chi connectivity index (χ1v) is 10.9. The van der Waals surface area contributed by atoms with Crippen molar-refractivity contribution in [2.24, 2.45) is 5.73 Å². The van der Waals surface area contributed by atoms with Crippen molar-refractivity contribution in [1.29, 1.82) is 0 Å². The fraction of sp³-hybridized carbons (Fsp3) is 0.154. The fourth-order valence-electron chi connectivity index (χ4n) is 3.21. The summed E-state index contributed by atoms with van der Waals surface area (Å²) in [7, 11) is 0. The average molecular weight is 520 g/mol. The number of nitrogens with one attached hydrogen (secondary N) is 2. The Morgan fingerprint density at radius 2 is 1.35 bits per heavy atom. The molecule has 0 unspecified atom stereocenters. The van der Waals surface area contributed by atoms with E-state index in [4.69, 9.17) is 5.73 Å². The van der Waals surface area contributed by atoms with Crippen LogP contribution < -0.4 is 16.4 Å². The molecule has 0 radical (unpaired) electrons. The molecule has 194 valence electrons. The van der Waals surface area contributed by atoms with E-state index in [0.717, 1.165) is 35.0 Å². The van der Waals surface area contributed by atoms with Gasteiger partial charge < -0.3 is 16.4 Å². The van der Waals surface area contributed by atoms with E-state index in [2.05, 4.69) is 15.6 Å². The number of pyridine rings is 1. The number of nitrogens with zero attached hydrogens (tertiary/aromatic N) is 1. The molecule has 0 aliphatic heterocycles. The summed E-state index contributed by atoms with van der Waals surface area (Å²) in [5.74, 6) is 0. The Morgan fingerprint density at radius 1 is 0.784 bits per heavy atom. The molecule has 1 heterocycles. The fourth-order valence-corrected chi connectivity index (χ4v) is 3.21. The van der Waals surface area contributed by atoms with Crippen molar-refractivity contribution in [1.82, 2.24) is 10.3 Å². The Kier molecular flexibility index (Phi) is 8.72. The molecule has 0 bridgehead atoms. The van der Waals surface area contributed by atoms with Gasteiger partial charge in [0.2, 0.25) is 0 Å². The van der Waals surface area contributed by atoms with Gasteiger partial charge in [0, 0.05) is 30.9 Å². The quantitative estimate of drug-likeness (QED) is 0.261. The van der Waals surface area contributed by atoms with Crippen LogP contribution in [0.5, 0.6) is 0 Å². The number of urea groups is 1. The standard InChI is InChI=1S/C18H14F3N3O.C8H8F3N/c19-18(20,21)14-6-4-12(5-7-14)10-23-17(25)24-16-3-1-2-13-8-9-22-11-15(13)16;9-8(10,11)7-3-1-6(5-12)2-4-7/h1-9,11H,10H2,(H2,23,24,25);1-4H,5,12H2. The van der Waals surface area contributed by atoms with Crippen LogP contribution in [0.2, 0.25) is 0 Å². The SMILES string of the molecule is NCc1ccc(C(F)(F)F)cc1.O=C(NCc1ccc(C(F)(F)F)cc1)Nc1cccc2ccncc12. The van der Waals surface area contributed by atoms with Gasteiger partial charge in [0.25, 0.3) is 0 Å². The number of carbonyl (C=O) groups is 1. The molecule has 0 atom stereocenters. The van der Waals surface area contributed by atoms with Crippen LogP contribution in [0.1, 0.15) is 22.3 Å². The second-order valence-electron chi connectivity index (χ2n) is 7.80. The van der Waals surface area contributed by atoms with Crippen LogP contribution in [0.3, 0.4) is 0 Å². The minimum Gasteiger partial charge on any atom is -0.334 e. The van der Waals surface area contributed by atoms with Gasteiger partial charge in [-0.15, -0.1) is 0 Å². The highest BCUT2D eigenvalue weighted by Crippen LogP contribution is 2.30. The largest absolute Gasteiger partial charge is 0.416 e. The van der Waals surface area contributed by atoms with E-state index in [0.29, 0.717) is 16.8 Å². The van der Waals surface area contributed by atoms with Crippen molar-refractivity contribution < 1.29 is 31.1 Å².